The number of benzene rings is 3. The second-order valence-electron chi connectivity index (χ2n) is 10.3. The molecule has 5 rings (SSSR count). The van der Waals surface area contributed by atoms with E-state index in [-0.39, 0.29) is 42.4 Å². The first-order chi connectivity index (χ1) is 26.7. The first-order valence-electron chi connectivity index (χ1n) is 15.3. The molecule has 0 fully saturated rings. The highest BCUT2D eigenvalue weighted by molar-refractivity contribution is 5.90. The number of nitrogens with zero attached hydrogens (tertiary/aromatic N) is 6. The molecule has 3 aromatic carbocycles. The van der Waals surface area contributed by atoms with Gasteiger partial charge in [-0.25, -0.2) is 14.7 Å². The van der Waals surface area contributed by atoms with Gasteiger partial charge < -0.3 is 28.4 Å². The summed E-state index contributed by atoms with van der Waals surface area (Å²) in [5.74, 6) is -4.18. The molecule has 0 bridgehead atoms. The highest BCUT2D eigenvalue weighted by atomic mass is 19.4. The molecule has 0 spiro atoms. The highest BCUT2D eigenvalue weighted by Crippen LogP contribution is 2.36. The number of hydrogen-bond donors (Lipinski definition) is 1. The van der Waals surface area contributed by atoms with E-state index in [2.05, 4.69) is 35.1 Å². The molecule has 17 nitrogen and oxygen atoms in total. The topological polar surface area (TPSA) is 205 Å². The Morgan fingerprint density at radius 1 is 0.737 bits per heavy atom. The molecule has 0 aliphatic rings. The molecule has 0 saturated carbocycles. The van der Waals surface area contributed by atoms with Crippen molar-refractivity contribution in [1.29, 1.82) is 0 Å². The van der Waals surface area contributed by atoms with E-state index >= 15 is 0 Å². The smallest absolute Gasteiger partial charge is 0.461 e. The monoisotopic (exact) mass is 823 g/mol. The average Bonchev–Trinajstić information content (AvgIpc) is 3.74. The zero-order valence-electron chi connectivity index (χ0n) is 28.4. The second kappa shape index (κ2) is 17.5. The van der Waals surface area contributed by atoms with Crippen molar-refractivity contribution in [2.45, 2.75) is 32.7 Å². The van der Waals surface area contributed by atoms with Crippen LogP contribution in [0.3, 0.4) is 0 Å². The maximum Gasteiger partial charge on any atom is 0.573 e. The quantitative estimate of drug-likeness (QED) is 0.0553. The number of hydrogen-bond acceptors (Lipinski definition) is 14. The normalized spacial score (nSPS) is 11.5. The number of nitro benzene ring substituents is 1. The van der Waals surface area contributed by atoms with Gasteiger partial charge in [-0.1, -0.05) is 22.4 Å². The number of rotatable bonds is 12. The SMILES string of the molecule is CCOC(=O)c1[nH]nnc1Oc1cccc(OC(F)(F)F)c1.CCOC(=O)c1nn(-c2ccc(C(F)(F)F)cc2[N+](=O)[O-])nc1Oc1cccc(OC(F)(F)F)c1. The standard InChI is InChI=1S/C19H12F6N4O6.C12H10F3N3O4/c1-2-33-17(30)15-16(34-11-4-3-5-12(9-11)35-19(23,24)25)27-28(26-15)13-7-6-10(18(20,21)22)8-14(13)29(31)32;1-2-20-11(19)9-10(17-18-16-9)21-7-4-3-5-8(6-7)22-12(13,14)15/h3-9H,2H2,1H3;3-6H,2H2,1H3,(H,16,17,18). The summed E-state index contributed by atoms with van der Waals surface area (Å²) in [6, 6.07) is 10.3. The number of carbonyl (C=O) groups is 2. The predicted molar refractivity (Wildman–Crippen MR) is 168 cm³/mol. The summed E-state index contributed by atoms with van der Waals surface area (Å²) in [4.78, 5) is 34.6. The Balaban J connectivity index is 0.000000281. The van der Waals surface area contributed by atoms with Crippen molar-refractivity contribution >= 4 is 17.6 Å². The third-order valence-electron chi connectivity index (χ3n) is 6.27. The van der Waals surface area contributed by atoms with E-state index in [0.717, 1.165) is 30.3 Å². The van der Waals surface area contributed by atoms with Crippen LogP contribution in [-0.2, 0) is 15.7 Å². The molecule has 1 N–H and O–H groups in total. The van der Waals surface area contributed by atoms with Crippen molar-refractivity contribution in [1.82, 2.24) is 30.4 Å². The highest BCUT2D eigenvalue weighted by Gasteiger charge is 2.35. The first kappa shape index (κ1) is 42.6. The number of aromatic amines is 1. The maximum atomic E-state index is 13.0. The van der Waals surface area contributed by atoms with E-state index in [0.29, 0.717) is 16.9 Å². The Bertz CT molecular complexity index is 2210. The summed E-state index contributed by atoms with van der Waals surface area (Å²) < 4.78 is 140. The van der Waals surface area contributed by atoms with Crippen LogP contribution >= 0.6 is 0 Å². The minimum atomic E-state index is -5.00. The van der Waals surface area contributed by atoms with Crippen LogP contribution in [-0.4, -0.2) is 73.2 Å². The number of nitrogens with one attached hydrogen (secondary N) is 1. The number of carbonyl (C=O) groups excluding carboxylic acids is 2. The van der Waals surface area contributed by atoms with Crippen LogP contribution in [0.5, 0.6) is 34.8 Å². The van der Waals surface area contributed by atoms with Crippen LogP contribution in [0.25, 0.3) is 5.69 Å². The zero-order chi connectivity index (χ0) is 42.1. The summed E-state index contributed by atoms with van der Waals surface area (Å²) in [7, 11) is 0. The van der Waals surface area contributed by atoms with Gasteiger partial charge in [0.1, 0.15) is 23.0 Å². The molecule has 2 aromatic heterocycles. The van der Waals surface area contributed by atoms with Crippen molar-refractivity contribution in [3.63, 3.8) is 0 Å². The molecular formula is C31H22F9N7O10. The van der Waals surface area contributed by atoms with Crippen LogP contribution < -0.4 is 18.9 Å². The number of alkyl halides is 9. The van der Waals surface area contributed by atoms with E-state index in [9.17, 15) is 59.2 Å². The van der Waals surface area contributed by atoms with E-state index in [4.69, 9.17) is 18.9 Å². The summed E-state index contributed by atoms with van der Waals surface area (Å²) in [5.41, 5.74) is -3.72. The first-order valence-corrected chi connectivity index (χ1v) is 15.3. The van der Waals surface area contributed by atoms with Gasteiger partial charge in [0, 0.05) is 18.2 Å². The summed E-state index contributed by atoms with van der Waals surface area (Å²) in [5, 5.41) is 28.1. The fourth-order valence-corrected chi connectivity index (χ4v) is 4.13. The number of aromatic nitrogens is 6. The minimum absolute atomic E-state index is 0.0128. The molecule has 5 aromatic rings. The van der Waals surface area contributed by atoms with Crippen molar-refractivity contribution in [2.24, 2.45) is 0 Å². The largest absolute Gasteiger partial charge is 0.573 e. The van der Waals surface area contributed by atoms with Crippen molar-refractivity contribution in [3.05, 3.63) is 93.8 Å². The van der Waals surface area contributed by atoms with Gasteiger partial charge in [-0.15, -0.1) is 41.3 Å². The lowest BCUT2D eigenvalue weighted by Crippen LogP contribution is -2.17. The molecule has 0 saturated heterocycles. The Labute approximate surface area is 310 Å². The van der Waals surface area contributed by atoms with Crippen LogP contribution in [0.2, 0.25) is 0 Å². The molecular weight excluding hydrogens is 801 g/mol. The Kier molecular flexibility index (Phi) is 13.1. The summed E-state index contributed by atoms with van der Waals surface area (Å²) >= 11 is 0. The van der Waals surface area contributed by atoms with Gasteiger partial charge in [0.25, 0.3) is 17.4 Å². The van der Waals surface area contributed by atoms with Gasteiger partial charge in [0.2, 0.25) is 11.4 Å². The van der Waals surface area contributed by atoms with Gasteiger partial charge in [-0.3, -0.25) is 10.1 Å². The molecule has 0 aliphatic carbocycles. The van der Waals surface area contributed by atoms with E-state index < -0.39 is 75.8 Å². The third kappa shape index (κ3) is 12.2. The molecule has 304 valence electrons. The number of halogens is 9. The lowest BCUT2D eigenvalue weighted by molar-refractivity contribution is -0.384. The average molecular weight is 824 g/mol. The predicted octanol–water partition coefficient (Wildman–Crippen LogP) is 7.73. The van der Waals surface area contributed by atoms with Gasteiger partial charge in [-0.05, 0) is 50.2 Å². The zero-order valence-corrected chi connectivity index (χ0v) is 28.4. The van der Waals surface area contributed by atoms with Gasteiger partial charge in [-0.2, -0.15) is 13.2 Å². The minimum Gasteiger partial charge on any atom is -0.461 e. The number of ether oxygens (including phenoxy) is 6. The Morgan fingerprint density at radius 3 is 1.77 bits per heavy atom. The van der Waals surface area contributed by atoms with Gasteiger partial charge >= 0.3 is 30.8 Å². The van der Waals surface area contributed by atoms with E-state index in [1.165, 1.54) is 25.1 Å². The molecule has 0 radical (unpaired) electrons. The molecule has 0 unspecified atom stereocenters. The van der Waals surface area contributed by atoms with Crippen LogP contribution in [0.1, 0.15) is 40.4 Å². The molecule has 0 amide bonds. The second-order valence-corrected chi connectivity index (χ2v) is 10.3. The van der Waals surface area contributed by atoms with E-state index in [1.54, 1.807) is 6.92 Å². The molecule has 26 heteroatoms. The van der Waals surface area contributed by atoms with Crippen molar-refractivity contribution in [2.75, 3.05) is 13.2 Å². The fraction of sp³-hybridized carbons (Fsp3) is 0.226. The number of H-pyrrole nitrogens is 1. The van der Waals surface area contributed by atoms with Gasteiger partial charge in [0.15, 0.2) is 5.69 Å². The van der Waals surface area contributed by atoms with Gasteiger partial charge in [0.05, 0.1) is 23.7 Å². The Hall–Kier alpha value is -7.15. The Morgan fingerprint density at radius 2 is 1.26 bits per heavy atom. The summed E-state index contributed by atoms with van der Waals surface area (Å²) in [6.07, 6.45) is -14.7. The van der Waals surface area contributed by atoms with Crippen molar-refractivity contribution in [3.8, 4) is 40.4 Å². The molecule has 57 heavy (non-hydrogen) atoms. The number of nitro groups is 1. The molecule has 0 atom stereocenters. The molecule has 0 aliphatic heterocycles. The maximum absolute atomic E-state index is 13.0. The van der Waals surface area contributed by atoms with Crippen molar-refractivity contribution < 1.29 is 82.4 Å². The van der Waals surface area contributed by atoms with Crippen LogP contribution in [0, 0.1) is 10.1 Å². The lowest BCUT2D eigenvalue weighted by Gasteiger charge is -2.10. The number of esters is 2. The summed E-state index contributed by atoms with van der Waals surface area (Å²) in [6.45, 7) is 3.05. The lowest BCUT2D eigenvalue weighted by atomic mass is 10.1. The fourth-order valence-electron chi connectivity index (χ4n) is 4.13. The molecule has 2 heterocycles. The third-order valence-corrected chi connectivity index (χ3v) is 6.27. The van der Waals surface area contributed by atoms with Crippen LogP contribution in [0.4, 0.5) is 45.2 Å². The van der Waals surface area contributed by atoms with Crippen LogP contribution in [0.15, 0.2) is 66.7 Å². The van der Waals surface area contributed by atoms with E-state index in [1.807, 2.05) is 0 Å².